The van der Waals surface area contributed by atoms with Crippen LogP contribution in [0.2, 0.25) is 5.02 Å². The van der Waals surface area contributed by atoms with Crippen LogP contribution in [-0.4, -0.2) is 12.1 Å². The third-order valence-corrected chi connectivity index (χ3v) is 4.11. The highest BCUT2D eigenvalue weighted by molar-refractivity contribution is 6.30. The van der Waals surface area contributed by atoms with E-state index in [4.69, 9.17) is 21.1 Å². The number of rotatable bonds is 8. The molecule has 0 saturated carbocycles. The van der Waals surface area contributed by atoms with Crippen molar-refractivity contribution < 1.29 is 9.47 Å². The summed E-state index contributed by atoms with van der Waals surface area (Å²) in [7, 11) is 1.65. The first-order chi connectivity index (χ1) is 12.7. The molecule has 0 aliphatic carbocycles. The van der Waals surface area contributed by atoms with Gasteiger partial charge in [-0.1, -0.05) is 35.9 Å². The highest BCUT2D eigenvalue weighted by Gasteiger charge is 2.07. The summed E-state index contributed by atoms with van der Waals surface area (Å²) in [6, 6.07) is 19.5. The van der Waals surface area contributed by atoms with Crippen LogP contribution in [0.3, 0.4) is 0 Å². The van der Waals surface area contributed by atoms with Gasteiger partial charge in [0.05, 0.1) is 12.8 Å². The monoisotopic (exact) mass is 404 g/mol. The van der Waals surface area contributed by atoms with Gasteiger partial charge in [0.15, 0.2) is 11.5 Å². The number of hydrogen-bond donors (Lipinski definition) is 1. The van der Waals surface area contributed by atoms with Gasteiger partial charge in [0, 0.05) is 24.3 Å². The molecule has 2 aromatic carbocycles. The summed E-state index contributed by atoms with van der Waals surface area (Å²) in [5.41, 5.74) is 3.15. The third kappa shape index (κ3) is 6.43. The Labute approximate surface area is 170 Å². The van der Waals surface area contributed by atoms with Gasteiger partial charge in [0.1, 0.15) is 6.61 Å². The Kier molecular flexibility index (Phi) is 8.40. The summed E-state index contributed by atoms with van der Waals surface area (Å²) >= 11 is 6.01. The smallest absolute Gasteiger partial charge is 0.161 e. The summed E-state index contributed by atoms with van der Waals surface area (Å²) in [5, 5.41) is 4.08. The maximum Gasteiger partial charge on any atom is 0.161 e. The van der Waals surface area contributed by atoms with Crippen LogP contribution in [0.5, 0.6) is 11.5 Å². The van der Waals surface area contributed by atoms with E-state index in [0.29, 0.717) is 23.1 Å². The minimum atomic E-state index is 0. The average molecular weight is 405 g/mol. The molecule has 142 valence electrons. The zero-order valence-corrected chi connectivity index (χ0v) is 16.6. The predicted molar refractivity (Wildman–Crippen MR) is 111 cm³/mol. The fourth-order valence-corrected chi connectivity index (χ4v) is 2.78. The third-order valence-electron chi connectivity index (χ3n) is 3.87. The van der Waals surface area contributed by atoms with Crippen molar-refractivity contribution in [2.45, 2.75) is 19.7 Å². The summed E-state index contributed by atoms with van der Waals surface area (Å²) in [6.07, 6.45) is 1.80. The molecule has 4 nitrogen and oxygen atoms in total. The van der Waals surface area contributed by atoms with Crippen LogP contribution in [0.4, 0.5) is 0 Å². The molecule has 0 unspecified atom stereocenters. The summed E-state index contributed by atoms with van der Waals surface area (Å²) in [6.45, 7) is 1.88. The van der Waals surface area contributed by atoms with Crippen LogP contribution >= 0.6 is 24.0 Å². The molecular formula is C21H22Cl2N2O2. The number of halogens is 2. The lowest BCUT2D eigenvalue weighted by molar-refractivity contribution is 0.284. The molecule has 0 amide bonds. The molecule has 1 heterocycles. The van der Waals surface area contributed by atoms with Crippen LogP contribution < -0.4 is 14.8 Å². The lowest BCUT2D eigenvalue weighted by atomic mass is 10.2. The van der Waals surface area contributed by atoms with Crippen molar-refractivity contribution in [3.05, 3.63) is 88.7 Å². The number of methoxy groups -OCH3 is 1. The first-order valence-corrected chi connectivity index (χ1v) is 8.77. The topological polar surface area (TPSA) is 43.4 Å². The van der Waals surface area contributed by atoms with E-state index in [2.05, 4.69) is 10.3 Å². The summed E-state index contributed by atoms with van der Waals surface area (Å²) in [4.78, 5) is 4.30. The molecule has 0 spiro atoms. The number of aromatic nitrogens is 1. The summed E-state index contributed by atoms with van der Waals surface area (Å²) in [5.74, 6) is 1.42. The van der Waals surface area contributed by atoms with Gasteiger partial charge in [-0.2, -0.15) is 0 Å². The van der Waals surface area contributed by atoms with Gasteiger partial charge < -0.3 is 14.8 Å². The van der Waals surface area contributed by atoms with E-state index in [-0.39, 0.29) is 12.4 Å². The molecule has 0 atom stereocenters. The van der Waals surface area contributed by atoms with E-state index < -0.39 is 0 Å². The first kappa shape index (κ1) is 21.0. The highest BCUT2D eigenvalue weighted by atomic mass is 35.5. The molecule has 3 aromatic rings. The van der Waals surface area contributed by atoms with Gasteiger partial charge in [0.2, 0.25) is 0 Å². The maximum absolute atomic E-state index is 6.01. The predicted octanol–water partition coefficient (Wildman–Crippen LogP) is 5.03. The van der Waals surface area contributed by atoms with Crippen LogP contribution in [-0.2, 0) is 19.7 Å². The number of benzene rings is 2. The van der Waals surface area contributed by atoms with Crippen molar-refractivity contribution in [1.82, 2.24) is 10.3 Å². The van der Waals surface area contributed by atoms with Crippen molar-refractivity contribution in [2.75, 3.05) is 7.11 Å². The Balaban J connectivity index is 0.00000261. The zero-order valence-electron chi connectivity index (χ0n) is 15.0. The molecule has 1 aromatic heterocycles. The largest absolute Gasteiger partial charge is 0.493 e. The van der Waals surface area contributed by atoms with E-state index in [9.17, 15) is 0 Å². The van der Waals surface area contributed by atoms with E-state index in [0.717, 1.165) is 29.9 Å². The molecule has 0 bridgehead atoms. The molecule has 6 heteroatoms. The van der Waals surface area contributed by atoms with Crippen molar-refractivity contribution in [3.63, 3.8) is 0 Å². The van der Waals surface area contributed by atoms with Crippen LogP contribution in [0.25, 0.3) is 0 Å². The number of pyridine rings is 1. The average Bonchev–Trinajstić information content (AvgIpc) is 2.67. The van der Waals surface area contributed by atoms with Gasteiger partial charge in [0.25, 0.3) is 0 Å². The lowest BCUT2D eigenvalue weighted by Gasteiger charge is -2.13. The van der Waals surface area contributed by atoms with Crippen LogP contribution in [0.15, 0.2) is 66.9 Å². The molecule has 27 heavy (non-hydrogen) atoms. The fourth-order valence-electron chi connectivity index (χ4n) is 2.57. The van der Waals surface area contributed by atoms with Crippen molar-refractivity contribution >= 4 is 24.0 Å². The van der Waals surface area contributed by atoms with E-state index >= 15 is 0 Å². The first-order valence-electron chi connectivity index (χ1n) is 8.39. The summed E-state index contributed by atoms with van der Waals surface area (Å²) < 4.78 is 11.4. The quantitative estimate of drug-likeness (QED) is 0.571. The molecule has 3 rings (SSSR count). The number of nitrogens with zero attached hydrogens (tertiary/aromatic N) is 1. The second-order valence-corrected chi connectivity index (χ2v) is 6.26. The molecule has 1 N–H and O–H groups in total. The van der Waals surface area contributed by atoms with E-state index in [1.807, 2.05) is 60.7 Å². The Morgan fingerprint density at radius 2 is 1.81 bits per heavy atom. The Hall–Kier alpha value is -2.27. The molecular weight excluding hydrogens is 383 g/mol. The van der Waals surface area contributed by atoms with Crippen LogP contribution in [0.1, 0.15) is 16.8 Å². The second-order valence-electron chi connectivity index (χ2n) is 5.83. The minimum Gasteiger partial charge on any atom is -0.493 e. The number of hydrogen-bond acceptors (Lipinski definition) is 4. The van der Waals surface area contributed by atoms with Gasteiger partial charge in [-0.05, 0) is 47.5 Å². The Morgan fingerprint density at radius 3 is 2.56 bits per heavy atom. The normalized spacial score (nSPS) is 10.1. The van der Waals surface area contributed by atoms with Crippen molar-refractivity contribution in [2.24, 2.45) is 0 Å². The molecule has 0 saturated heterocycles. The van der Waals surface area contributed by atoms with Crippen molar-refractivity contribution in [3.8, 4) is 11.5 Å². The number of nitrogens with one attached hydrogen (secondary N) is 1. The van der Waals surface area contributed by atoms with Gasteiger partial charge in [-0.25, -0.2) is 0 Å². The van der Waals surface area contributed by atoms with Crippen molar-refractivity contribution in [1.29, 1.82) is 0 Å². The minimum absolute atomic E-state index is 0. The SMILES string of the molecule is COc1cc(CNCc2ccccn2)ccc1OCc1cccc(Cl)c1.Cl. The Morgan fingerprint density at radius 1 is 0.926 bits per heavy atom. The van der Waals surface area contributed by atoms with Crippen LogP contribution in [0, 0.1) is 0 Å². The molecule has 0 aliphatic rings. The standard InChI is InChI=1S/C21H21ClN2O2.ClH/c1-25-21-12-16(13-23-14-19-7-2-3-10-24-19)8-9-20(21)26-15-17-5-4-6-18(22)11-17;/h2-12,23H,13-15H2,1H3;1H. The van der Waals surface area contributed by atoms with Gasteiger partial charge >= 0.3 is 0 Å². The van der Waals surface area contributed by atoms with Gasteiger partial charge in [-0.3, -0.25) is 4.98 Å². The molecule has 0 radical (unpaired) electrons. The fraction of sp³-hybridized carbons (Fsp3) is 0.190. The molecule has 0 fully saturated rings. The van der Waals surface area contributed by atoms with Gasteiger partial charge in [-0.15, -0.1) is 12.4 Å². The van der Waals surface area contributed by atoms with E-state index in [1.54, 1.807) is 13.3 Å². The lowest BCUT2D eigenvalue weighted by Crippen LogP contribution is -2.13. The molecule has 0 aliphatic heterocycles. The number of ether oxygens (including phenoxy) is 2. The zero-order chi connectivity index (χ0) is 18.2. The Bertz CT molecular complexity index is 845. The second kappa shape index (κ2) is 10.8. The highest BCUT2D eigenvalue weighted by Crippen LogP contribution is 2.29. The maximum atomic E-state index is 6.01. The van der Waals surface area contributed by atoms with E-state index in [1.165, 1.54) is 0 Å².